The van der Waals surface area contributed by atoms with Crippen LogP contribution < -0.4 is 10.6 Å². The van der Waals surface area contributed by atoms with Gasteiger partial charge >= 0.3 is 0 Å². The van der Waals surface area contributed by atoms with E-state index in [0.717, 1.165) is 34.9 Å². The van der Waals surface area contributed by atoms with Gasteiger partial charge in [-0.3, -0.25) is 4.98 Å². The van der Waals surface area contributed by atoms with Crippen molar-refractivity contribution in [2.45, 2.75) is 19.9 Å². The molecule has 0 aliphatic heterocycles. The summed E-state index contributed by atoms with van der Waals surface area (Å²) in [7, 11) is 0. The van der Waals surface area contributed by atoms with E-state index in [1.165, 1.54) is 5.56 Å². The van der Waals surface area contributed by atoms with Crippen LogP contribution in [0.25, 0.3) is 11.4 Å². The van der Waals surface area contributed by atoms with Crippen molar-refractivity contribution in [1.82, 2.24) is 15.0 Å². The topological polar surface area (TPSA) is 62.7 Å². The van der Waals surface area contributed by atoms with E-state index in [1.807, 2.05) is 48.5 Å². The molecule has 144 valence electrons. The van der Waals surface area contributed by atoms with Crippen LogP contribution in [0.3, 0.4) is 0 Å². The van der Waals surface area contributed by atoms with Gasteiger partial charge in [-0.15, -0.1) is 0 Å². The highest BCUT2D eigenvalue weighted by Gasteiger charge is 2.08. The van der Waals surface area contributed by atoms with Crippen LogP contribution in [0.2, 0.25) is 0 Å². The number of hydrogen-bond acceptors (Lipinski definition) is 5. The molecule has 0 aliphatic carbocycles. The van der Waals surface area contributed by atoms with Crippen LogP contribution in [0, 0.1) is 0 Å². The maximum atomic E-state index is 4.72. The first-order valence-corrected chi connectivity index (χ1v) is 9.73. The zero-order valence-corrected chi connectivity index (χ0v) is 16.3. The second-order valence-electron chi connectivity index (χ2n) is 6.71. The molecule has 0 amide bonds. The Morgan fingerprint density at radius 1 is 0.759 bits per heavy atom. The predicted octanol–water partition coefficient (Wildman–Crippen LogP) is 5.46. The molecule has 4 rings (SSSR count). The van der Waals surface area contributed by atoms with Crippen molar-refractivity contribution < 1.29 is 0 Å². The molecule has 29 heavy (non-hydrogen) atoms. The van der Waals surface area contributed by atoms with Gasteiger partial charge in [0, 0.05) is 36.3 Å². The van der Waals surface area contributed by atoms with Gasteiger partial charge in [0.25, 0.3) is 0 Å². The van der Waals surface area contributed by atoms with Gasteiger partial charge in [-0.2, -0.15) is 0 Å². The molecular formula is C24H23N5. The summed E-state index contributed by atoms with van der Waals surface area (Å²) in [4.78, 5) is 13.5. The van der Waals surface area contributed by atoms with Crippen molar-refractivity contribution in [2.75, 3.05) is 10.6 Å². The number of nitrogens with zero attached hydrogens (tertiary/aromatic N) is 3. The zero-order valence-electron chi connectivity index (χ0n) is 16.3. The van der Waals surface area contributed by atoms with E-state index < -0.39 is 0 Å². The third-order valence-corrected chi connectivity index (χ3v) is 4.62. The Hall–Kier alpha value is -3.73. The lowest BCUT2D eigenvalue weighted by Crippen LogP contribution is -2.05. The highest BCUT2D eigenvalue weighted by molar-refractivity contribution is 5.65. The van der Waals surface area contributed by atoms with E-state index in [4.69, 9.17) is 9.97 Å². The highest BCUT2D eigenvalue weighted by atomic mass is 15.1. The van der Waals surface area contributed by atoms with Gasteiger partial charge in [-0.1, -0.05) is 49.4 Å². The summed E-state index contributed by atoms with van der Waals surface area (Å²) in [6.45, 7) is 2.82. The molecule has 0 aliphatic rings. The number of rotatable bonds is 7. The van der Waals surface area contributed by atoms with E-state index in [2.05, 4.69) is 46.8 Å². The van der Waals surface area contributed by atoms with Crippen molar-refractivity contribution in [2.24, 2.45) is 0 Å². The van der Waals surface area contributed by atoms with Gasteiger partial charge in [0.2, 0.25) is 0 Å². The molecule has 2 heterocycles. The lowest BCUT2D eigenvalue weighted by molar-refractivity contribution is 1.08. The third-order valence-electron chi connectivity index (χ3n) is 4.62. The summed E-state index contributed by atoms with van der Waals surface area (Å²) in [5.74, 6) is 2.20. The first-order chi connectivity index (χ1) is 14.3. The molecule has 0 bridgehead atoms. The minimum atomic E-state index is 0.665. The molecule has 5 nitrogen and oxygen atoms in total. The molecule has 0 saturated heterocycles. The van der Waals surface area contributed by atoms with E-state index in [-0.39, 0.29) is 0 Å². The number of aromatic nitrogens is 3. The van der Waals surface area contributed by atoms with Crippen molar-refractivity contribution >= 4 is 17.3 Å². The minimum absolute atomic E-state index is 0.665. The molecule has 0 saturated carbocycles. The Kier molecular flexibility index (Phi) is 5.76. The second kappa shape index (κ2) is 8.97. The smallest absolute Gasteiger partial charge is 0.163 e. The van der Waals surface area contributed by atoms with Crippen LogP contribution in [0.4, 0.5) is 17.3 Å². The predicted molar refractivity (Wildman–Crippen MR) is 118 cm³/mol. The SMILES string of the molecule is CCc1ccc(Nc2cc(NCc3ccncc3)nc(-c3ccccc3)n2)cc1. The number of anilines is 3. The summed E-state index contributed by atoms with van der Waals surface area (Å²) in [5.41, 5.74) is 4.43. The monoisotopic (exact) mass is 381 g/mol. The molecule has 0 atom stereocenters. The number of nitrogens with one attached hydrogen (secondary N) is 2. The van der Waals surface area contributed by atoms with Gasteiger partial charge < -0.3 is 10.6 Å². The van der Waals surface area contributed by atoms with Gasteiger partial charge in [-0.05, 0) is 41.8 Å². The zero-order chi connectivity index (χ0) is 19.9. The number of benzene rings is 2. The van der Waals surface area contributed by atoms with Crippen LogP contribution in [0.15, 0.2) is 85.2 Å². The molecule has 0 fully saturated rings. The van der Waals surface area contributed by atoms with E-state index in [1.54, 1.807) is 12.4 Å². The van der Waals surface area contributed by atoms with Crippen LogP contribution in [0.1, 0.15) is 18.1 Å². The quantitative estimate of drug-likeness (QED) is 0.445. The van der Waals surface area contributed by atoms with E-state index >= 15 is 0 Å². The first-order valence-electron chi connectivity index (χ1n) is 9.73. The minimum Gasteiger partial charge on any atom is -0.366 e. The van der Waals surface area contributed by atoms with Crippen molar-refractivity contribution in [3.05, 3.63) is 96.3 Å². The normalized spacial score (nSPS) is 10.5. The number of aryl methyl sites for hydroxylation is 1. The second-order valence-corrected chi connectivity index (χ2v) is 6.71. The van der Waals surface area contributed by atoms with Crippen LogP contribution in [-0.2, 0) is 13.0 Å². The fourth-order valence-corrected chi connectivity index (χ4v) is 2.98. The fourth-order valence-electron chi connectivity index (χ4n) is 2.98. The maximum Gasteiger partial charge on any atom is 0.163 e. The Labute approximate surface area is 170 Å². The Bertz CT molecular complexity index is 1050. The van der Waals surface area contributed by atoms with Gasteiger partial charge in [0.05, 0.1) is 0 Å². The average molecular weight is 381 g/mol. The van der Waals surface area contributed by atoms with E-state index in [0.29, 0.717) is 12.4 Å². The van der Waals surface area contributed by atoms with Crippen molar-refractivity contribution in [3.8, 4) is 11.4 Å². The molecule has 2 aromatic heterocycles. The van der Waals surface area contributed by atoms with Crippen LogP contribution in [0.5, 0.6) is 0 Å². The first kappa shape index (κ1) is 18.6. The maximum absolute atomic E-state index is 4.72. The molecule has 2 aromatic carbocycles. The molecule has 4 aromatic rings. The Morgan fingerprint density at radius 3 is 2.21 bits per heavy atom. The molecule has 0 radical (unpaired) electrons. The summed E-state index contributed by atoms with van der Waals surface area (Å²) in [6.07, 6.45) is 4.60. The van der Waals surface area contributed by atoms with Gasteiger partial charge in [0.15, 0.2) is 5.82 Å². The highest BCUT2D eigenvalue weighted by Crippen LogP contribution is 2.23. The molecule has 5 heteroatoms. The van der Waals surface area contributed by atoms with Gasteiger partial charge in [0.1, 0.15) is 11.6 Å². The van der Waals surface area contributed by atoms with Crippen molar-refractivity contribution in [1.29, 1.82) is 0 Å². The van der Waals surface area contributed by atoms with Crippen LogP contribution in [-0.4, -0.2) is 15.0 Å². The van der Waals surface area contributed by atoms with Gasteiger partial charge in [-0.25, -0.2) is 9.97 Å². The Balaban J connectivity index is 1.62. The average Bonchev–Trinajstić information content (AvgIpc) is 2.79. The lowest BCUT2D eigenvalue weighted by atomic mass is 10.1. The summed E-state index contributed by atoms with van der Waals surface area (Å²) in [5, 5.41) is 6.80. The molecule has 0 spiro atoms. The standard InChI is InChI=1S/C24H23N5/c1-2-18-8-10-21(11-9-18)27-23-16-22(26-17-19-12-14-25-15-13-19)28-24(29-23)20-6-4-3-5-7-20/h3-16H,2,17H2,1H3,(H2,26,27,28,29). The lowest BCUT2D eigenvalue weighted by Gasteiger charge is -2.12. The molecule has 2 N–H and O–H groups in total. The summed E-state index contributed by atoms with van der Waals surface area (Å²) >= 11 is 0. The molecule has 0 unspecified atom stereocenters. The third kappa shape index (κ3) is 4.96. The largest absolute Gasteiger partial charge is 0.366 e. The number of pyridine rings is 1. The van der Waals surface area contributed by atoms with Crippen LogP contribution >= 0.6 is 0 Å². The summed E-state index contributed by atoms with van der Waals surface area (Å²) < 4.78 is 0. The fraction of sp³-hybridized carbons (Fsp3) is 0.125. The number of hydrogen-bond donors (Lipinski definition) is 2. The summed E-state index contributed by atoms with van der Waals surface area (Å²) in [6, 6.07) is 24.3. The molecular weight excluding hydrogens is 358 g/mol. The Morgan fingerprint density at radius 2 is 1.48 bits per heavy atom. The van der Waals surface area contributed by atoms with Crippen molar-refractivity contribution in [3.63, 3.8) is 0 Å². The van der Waals surface area contributed by atoms with E-state index in [9.17, 15) is 0 Å².